The van der Waals surface area contributed by atoms with Gasteiger partial charge in [-0.1, -0.05) is 0 Å². The third-order valence-corrected chi connectivity index (χ3v) is 4.67. The van der Waals surface area contributed by atoms with Gasteiger partial charge in [0.1, 0.15) is 18.1 Å². The van der Waals surface area contributed by atoms with Gasteiger partial charge in [-0.2, -0.15) is 0 Å². The second-order valence-electron chi connectivity index (χ2n) is 6.64. The predicted molar refractivity (Wildman–Crippen MR) is 88.6 cm³/mol. The molecule has 2 aliphatic rings. The number of carboxylic acids is 1. The monoisotopic (exact) mass is 354 g/mol. The first-order valence-corrected chi connectivity index (χ1v) is 8.68. The summed E-state index contributed by atoms with van der Waals surface area (Å²) in [7, 11) is 0. The van der Waals surface area contributed by atoms with Crippen molar-refractivity contribution in [1.82, 2.24) is 20.9 Å². The molecule has 2 heterocycles. The summed E-state index contributed by atoms with van der Waals surface area (Å²) in [5.41, 5.74) is 0. The summed E-state index contributed by atoms with van der Waals surface area (Å²) in [6, 6.07) is -2.72. The van der Waals surface area contributed by atoms with E-state index >= 15 is 0 Å². The molecule has 0 aliphatic carbocycles. The molecule has 2 fully saturated rings. The van der Waals surface area contributed by atoms with Crippen LogP contribution in [0, 0.1) is 0 Å². The van der Waals surface area contributed by atoms with Crippen LogP contribution < -0.4 is 16.0 Å². The van der Waals surface area contributed by atoms with Crippen LogP contribution >= 0.6 is 0 Å². The number of amides is 3. The fraction of sp³-hybridized carbons (Fsp3) is 0.750. The largest absolute Gasteiger partial charge is 0.480 e. The average Bonchev–Trinajstić information content (AvgIpc) is 3.25. The Morgan fingerprint density at radius 2 is 1.72 bits per heavy atom. The van der Waals surface area contributed by atoms with Crippen LogP contribution in [0.25, 0.3) is 0 Å². The number of likely N-dealkylation sites (tertiary alicyclic amines) is 1. The number of carbonyl (C=O) groups excluding carboxylic acids is 3. The normalized spacial score (nSPS) is 25.3. The van der Waals surface area contributed by atoms with E-state index in [4.69, 9.17) is 5.11 Å². The van der Waals surface area contributed by atoms with Crippen LogP contribution in [-0.4, -0.2) is 71.0 Å². The minimum absolute atomic E-state index is 0.210. The molecule has 0 bridgehead atoms. The summed E-state index contributed by atoms with van der Waals surface area (Å²) in [5, 5.41) is 17.1. The van der Waals surface area contributed by atoms with Gasteiger partial charge in [0.25, 0.3) is 0 Å². The molecule has 0 aromatic heterocycles. The molecule has 0 spiro atoms. The molecular formula is C16H26N4O5. The van der Waals surface area contributed by atoms with Crippen molar-refractivity contribution < 1.29 is 24.3 Å². The molecule has 0 radical (unpaired) electrons. The zero-order valence-electron chi connectivity index (χ0n) is 14.6. The summed E-state index contributed by atoms with van der Waals surface area (Å²) in [5.74, 6) is -2.14. The number of rotatable bonds is 6. The van der Waals surface area contributed by atoms with Crippen molar-refractivity contribution in [3.8, 4) is 0 Å². The Bertz CT molecular complexity index is 547. The van der Waals surface area contributed by atoms with Crippen molar-refractivity contribution >= 4 is 23.7 Å². The third kappa shape index (κ3) is 4.68. The first kappa shape index (κ1) is 19.2. The maximum absolute atomic E-state index is 12.6. The molecule has 9 heteroatoms. The number of nitrogens with zero attached hydrogens (tertiary/aromatic N) is 1. The Morgan fingerprint density at radius 1 is 1.04 bits per heavy atom. The quantitative estimate of drug-likeness (QED) is 0.476. The van der Waals surface area contributed by atoms with Gasteiger partial charge in [-0.05, 0) is 46.1 Å². The van der Waals surface area contributed by atoms with Crippen molar-refractivity contribution in [3.63, 3.8) is 0 Å². The number of hydrogen-bond donors (Lipinski definition) is 4. The lowest BCUT2D eigenvalue weighted by atomic mass is 10.1. The first-order chi connectivity index (χ1) is 11.8. The second kappa shape index (κ2) is 8.28. The first-order valence-electron chi connectivity index (χ1n) is 8.68. The van der Waals surface area contributed by atoms with Crippen molar-refractivity contribution in [2.45, 2.75) is 63.7 Å². The van der Waals surface area contributed by atoms with Gasteiger partial charge >= 0.3 is 5.97 Å². The van der Waals surface area contributed by atoms with Crippen LogP contribution in [0.2, 0.25) is 0 Å². The van der Waals surface area contributed by atoms with Crippen LogP contribution in [0.1, 0.15) is 39.5 Å². The van der Waals surface area contributed by atoms with E-state index < -0.39 is 30.0 Å². The van der Waals surface area contributed by atoms with E-state index in [1.807, 2.05) is 0 Å². The van der Waals surface area contributed by atoms with Gasteiger partial charge < -0.3 is 26.0 Å². The SMILES string of the molecule is CC(NC(=O)C1CCCN1C(=O)C(C)NC(=O)C1CCCN1)C(=O)O. The highest BCUT2D eigenvalue weighted by molar-refractivity contribution is 5.94. The van der Waals surface area contributed by atoms with E-state index in [2.05, 4.69) is 16.0 Å². The van der Waals surface area contributed by atoms with E-state index in [1.165, 1.54) is 11.8 Å². The van der Waals surface area contributed by atoms with Crippen molar-refractivity contribution in [1.29, 1.82) is 0 Å². The molecule has 4 atom stereocenters. The molecule has 2 aliphatic heterocycles. The number of nitrogens with one attached hydrogen (secondary N) is 3. The Morgan fingerprint density at radius 3 is 2.32 bits per heavy atom. The number of carbonyl (C=O) groups is 4. The zero-order valence-corrected chi connectivity index (χ0v) is 14.6. The molecule has 25 heavy (non-hydrogen) atoms. The lowest BCUT2D eigenvalue weighted by Gasteiger charge is -2.28. The van der Waals surface area contributed by atoms with Gasteiger partial charge in [-0.15, -0.1) is 0 Å². The average molecular weight is 354 g/mol. The molecule has 140 valence electrons. The summed E-state index contributed by atoms with van der Waals surface area (Å²) < 4.78 is 0. The molecule has 9 nitrogen and oxygen atoms in total. The van der Waals surface area contributed by atoms with Gasteiger partial charge in [0.2, 0.25) is 17.7 Å². The fourth-order valence-corrected chi connectivity index (χ4v) is 3.21. The lowest BCUT2D eigenvalue weighted by molar-refractivity contribution is -0.144. The fourth-order valence-electron chi connectivity index (χ4n) is 3.21. The van der Waals surface area contributed by atoms with Gasteiger partial charge in [0.05, 0.1) is 6.04 Å². The summed E-state index contributed by atoms with van der Waals surface area (Å²) in [6.45, 7) is 4.18. The third-order valence-electron chi connectivity index (χ3n) is 4.67. The van der Waals surface area contributed by atoms with Crippen molar-refractivity contribution in [3.05, 3.63) is 0 Å². The molecule has 2 rings (SSSR count). The van der Waals surface area contributed by atoms with Gasteiger partial charge in [0.15, 0.2) is 0 Å². The summed E-state index contributed by atoms with van der Waals surface area (Å²) >= 11 is 0. The van der Waals surface area contributed by atoms with E-state index in [0.29, 0.717) is 19.4 Å². The van der Waals surface area contributed by atoms with Gasteiger partial charge in [-0.25, -0.2) is 0 Å². The van der Waals surface area contributed by atoms with E-state index in [0.717, 1.165) is 19.4 Å². The van der Waals surface area contributed by atoms with Gasteiger partial charge in [-0.3, -0.25) is 19.2 Å². The van der Waals surface area contributed by atoms with Crippen LogP contribution in [-0.2, 0) is 19.2 Å². The van der Waals surface area contributed by atoms with Crippen molar-refractivity contribution in [2.24, 2.45) is 0 Å². The van der Waals surface area contributed by atoms with Crippen LogP contribution in [0.4, 0.5) is 0 Å². The molecule has 3 amide bonds. The Hall–Kier alpha value is -2.16. The topological polar surface area (TPSA) is 128 Å². The standard InChI is InChI=1S/C16H26N4O5/c1-9(18-13(21)11-5-3-7-17-11)15(23)20-8-4-6-12(20)14(22)19-10(2)16(24)25/h9-12,17H,3-8H2,1-2H3,(H,18,21)(H,19,22)(H,24,25). The Balaban J connectivity index is 1.93. The Labute approximate surface area is 146 Å². The molecule has 4 N–H and O–H groups in total. The maximum atomic E-state index is 12.6. The van der Waals surface area contributed by atoms with Gasteiger partial charge in [0, 0.05) is 6.54 Å². The number of aliphatic carboxylic acids is 1. The summed E-state index contributed by atoms with van der Waals surface area (Å²) in [4.78, 5) is 49.3. The predicted octanol–water partition coefficient (Wildman–Crippen LogP) is -1.18. The van der Waals surface area contributed by atoms with E-state index in [9.17, 15) is 19.2 Å². The number of carboxylic acid groups (broad SMARTS) is 1. The second-order valence-corrected chi connectivity index (χ2v) is 6.64. The highest BCUT2D eigenvalue weighted by Crippen LogP contribution is 2.19. The molecule has 0 saturated carbocycles. The van der Waals surface area contributed by atoms with Crippen LogP contribution in [0.3, 0.4) is 0 Å². The van der Waals surface area contributed by atoms with Crippen molar-refractivity contribution in [2.75, 3.05) is 13.1 Å². The smallest absolute Gasteiger partial charge is 0.325 e. The molecular weight excluding hydrogens is 328 g/mol. The highest BCUT2D eigenvalue weighted by Gasteiger charge is 2.37. The minimum atomic E-state index is -1.13. The molecule has 2 saturated heterocycles. The molecule has 0 aromatic carbocycles. The molecule has 4 unspecified atom stereocenters. The van der Waals surface area contributed by atoms with E-state index in [-0.39, 0.29) is 17.9 Å². The highest BCUT2D eigenvalue weighted by atomic mass is 16.4. The molecule has 0 aromatic rings. The van der Waals surface area contributed by atoms with E-state index in [1.54, 1.807) is 6.92 Å². The zero-order chi connectivity index (χ0) is 18.6. The lowest BCUT2D eigenvalue weighted by Crippen LogP contribution is -2.55. The van der Waals surface area contributed by atoms with Crippen LogP contribution in [0.15, 0.2) is 0 Å². The Kier molecular flexibility index (Phi) is 6.35. The maximum Gasteiger partial charge on any atom is 0.325 e. The summed E-state index contributed by atoms with van der Waals surface area (Å²) in [6.07, 6.45) is 2.82. The minimum Gasteiger partial charge on any atom is -0.480 e. The van der Waals surface area contributed by atoms with Crippen LogP contribution in [0.5, 0.6) is 0 Å². The number of hydrogen-bond acceptors (Lipinski definition) is 5.